The molecule has 1 atom stereocenters. The van der Waals surface area contributed by atoms with Crippen LogP contribution in [0.25, 0.3) is 39.2 Å². The van der Waals surface area contributed by atoms with E-state index in [-0.39, 0.29) is 29.4 Å². The van der Waals surface area contributed by atoms with Crippen LogP contribution in [0.4, 0.5) is 19.4 Å². The van der Waals surface area contributed by atoms with Crippen molar-refractivity contribution in [2.24, 2.45) is 0 Å². The summed E-state index contributed by atoms with van der Waals surface area (Å²) in [6.45, 7) is 10.4. The zero-order valence-electron chi connectivity index (χ0n) is 28.2. The van der Waals surface area contributed by atoms with Gasteiger partial charge in [0.2, 0.25) is 0 Å². The number of ether oxygens (including phenoxy) is 1. The van der Waals surface area contributed by atoms with Crippen molar-refractivity contribution in [2.75, 3.05) is 18.0 Å². The molecule has 1 saturated heterocycles. The monoisotopic (exact) mass is 671 g/mol. The molecule has 14 heteroatoms. The minimum atomic E-state index is -1.02. The molecule has 2 aromatic carbocycles. The van der Waals surface area contributed by atoms with E-state index in [1.54, 1.807) is 49.7 Å². The lowest BCUT2D eigenvalue weighted by Gasteiger charge is -2.34. The number of imidazole rings is 1. The summed E-state index contributed by atoms with van der Waals surface area (Å²) >= 11 is 0. The number of nitriles is 1. The lowest BCUT2D eigenvalue weighted by molar-refractivity contribution is 0.0125. The number of carbonyl (C=O) groups is 1. The topological polar surface area (TPSA) is 146 Å². The van der Waals surface area contributed by atoms with E-state index in [4.69, 9.17) is 9.72 Å². The number of benzene rings is 2. The van der Waals surface area contributed by atoms with Gasteiger partial charge in [0.05, 0.1) is 34.6 Å². The molecular formula is C35H39F2N9O3. The number of piperidine rings is 1. The zero-order chi connectivity index (χ0) is 35.1. The van der Waals surface area contributed by atoms with Crippen LogP contribution in [-0.2, 0) is 11.3 Å². The summed E-state index contributed by atoms with van der Waals surface area (Å²) < 4.78 is 40.0. The summed E-state index contributed by atoms with van der Waals surface area (Å²) in [5, 5.41) is 31.7. The first-order valence-electron chi connectivity index (χ1n) is 16.4. The Hall–Kier alpha value is -5.16. The fourth-order valence-electron chi connectivity index (χ4n) is 6.20. The van der Waals surface area contributed by atoms with Crippen LogP contribution in [0, 0.1) is 23.0 Å². The number of anilines is 1. The van der Waals surface area contributed by atoms with E-state index in [2.05, 4.69) is 20.6 Å². The number of nitrogens with one attached hydrogen (secondary N) is 1. The van der Waals surface area contributed by atoms with Crippen LogP contribution in [0.15, 0.2) is 42.7 Å². The van der Waals surface area contributed by atoms with E-state index in [0.29, 0.717) is 59.7 Å². The number of halogens is 2. The quantitative estimate of drug-likeness (QED) is 0.203. The van der Waals surface area contributed by atoms with E-state index in [1.807, 2.05) is 24.8 Å². The van der Waals surface area contributed by atoms with Gasteiger partial charge in [-0.3, -0.25) is 4.40 Å². The average molecular weight is 672 g/mol. The van der Waals surface area contributed by atoms with Crippen LogP contribution in [0.2, 0.25) is 0 Å². The van der Waals surface area contributed by atoms with Gasteiger partial charge in [-0.2, -0.15) is 5.26 Å². The smallest absolute Gasteiger partial charge is 0.407 e. The fourth-order valence-corrected chi connectivity index (χ4v) is 6.20. The minimum absolute atomic E-state index is 0.128. The van der Waals surface area contributed by atoms with Gasteiger partial charge in [-0.25, -0.2) is 28.2 Å². The average Bonchev–Trinajstić information content (AvgIpc) is 3.64. The molecule has 1 amide bonds. The predicted molar refractivity (Wildman–Crippen MR) is 180 cm³/mol. The third kappa shape index (κ3) is 6.76. The van der Waals surface area contributed by atoms with Crippen molar-refractivity contribution in [1.82, 2.24) is 34.7 Å². The molecule has 0 spiro atoms. The molecule has 1 aliphatic heterocycles. The number of carbonyl (C=O) groups excluding carboxylic acids is 1. The molecule has 2 N–H and O–H groups in total. The summed E-state index contributed by atoms with van der Waals surface area (Å²) in [5.74, 6) is -0.819. The molecule has 5 aromatic rings. The number of hydrogen-bond acceptors (Lipinski definition) is 9. The van der Waals surface area contributed by atoms with Crippen LogP contribution in [0.1, 0.15) is 65.9 Å². The number of fused-ring (bicyclic) bond motifs is 2. The Labute approximate surface area is 282 Å². The maximum atomic E-state index is 16.3. The lowest BCUT2D eigenvalue weighted by Crippen LogP contribution is -2.49. The third-order valence-corrected chi connectivity index (χ3v) is 8.95. The summed E-state index contributed by atoms with van der Waals surface area (Å²) in [6, 6.07) is 8.67. The Morgan fingerprint density at radius 1 is 1.16 bits per heavy atom. The standard InChI is InChI=1S/C35H39F2N9O3/c1-6-35(48,7-2)20-46-28-17-26(37)24(16-27(28)42-43-46)30-29(21-10-11-22(18-38)25(36)15-21)41-32-31(39-12-14-45(30)32)44-13-8-9-23(19-44)40-33(47)49-34(3,4)5/h10-12,14-17,23,48H,6-9,13,19-20H2,1-5H3,(H,40,47)/t23-/m1/s1. The largest absolute Gasteiger partial charge is 0.444 e. The van der Waals surface area contributed by atoms with E-state index in [1.165, 1.54) is 22.9 Å². The summed E-state index contributed by atoms with van der Waals surface area (Å²) in [5.41, 5.74) is 0.511. The first-order valence-corrected chi connectivity index (χ1v) is 16.4. The molecule has 4 heterocycles. The summed E-state index contributed by atoms with van der Waals surface area (Å²) in [4.78, 5) is 24.1. The number of rotatable bonds is 8. The number of hydrogen-bond donors (Lipinski definition) is 2. The van der Waals surface area contributed by atoms with Gasteiger partial charge in [0, 0.05) is 48.7 Å². The Morgan fingerprint density at radius 2 is 1.94 bits per heavy atom. The first kappa shape index (κ1) is 33.7. The van der Waals surface area contributed by atoms with Gasteiger partial charge < -0.3 is 20.1 Å². The Morgan fingerprint density at radius 3 is 2.63 bits per heavy atom. The van der Waals surface area contributed by atoms with E-state index in [0.717, 1.165) is 12.8 Å². The van der Waals surface area contributed by atoms with Crippen molar-refractivity contribution in [3.63, 3.8) is 0 Å². The molecule has 256 valence electrons. The lowest BCUT2D eigenvalue weighted by atomic mass is 9.97. The zero-order valence-corrected chi connectivity index (χ0v) is 28.2. The van der Waals surface area contributed by atoms with Gasteiger partial charge in [-0.05, 0) is 64.7 Å². The van der Waals surface area contributed by atoms with Crippen LogP contribution < -0.4 is 10.2 Å². The van der Waals surface area contributed by atoms with Crippen molar-refractivity contribution < 1.29 is 23.4 Å². The Kier molecular flexibility index (Phi) is 8.98. The molecule has 1 aliphatic rings. The minimum Gasteiger partial charge on any atom is -0.444 e. The van der Waals surface area contributed by atoms with Crippen LogP contribution in [0.5, 0.6) is 0 Å². The van der Waals surface area contributed by atoms with Crippen molar-refractivity contribution >= 4 is 28.6 Å². The van der Waals surface area contributed by atoms with Crippen molar-refractivity contribution in [3.05, 3.63) is 59.9 Å². The molecule has 49 heavy (non-hydrogen) atoms. The van der Waals surface area contributed by atoms with Crippen LogP contribution >= 0.6 is 0 Å². The Bertz CT molecular complexity index is 2070. The molecule has 3 aromatic heterocycles. The van der Waals surface area contributed by atoms with E-state index in [9.17, 15) is 19.6 Å². The highest BCUT2D eigenvalue weighted by Gasteiger charge is 2.30. The highest BCUT2D eigenvalue weighted by Crippen LogP contribution is 2.38. The van der Waals surface area contributed by atoms with Gasteiger partial charge in [0.25, 0.3) is 0 Å². The molecule has 0 bridgehead atoms. The second-order valence-corrected chi connectivity index (χ2v) is 13.5. The third-order valence-electron chi connectivity index (χ3n) is 8.95. The molecule has 0 aliphatic carbocycles. The molecular weight excluding hydrogens is 632 g/mol. The maximum absolute atomic E-state index is 16.3. The maximum Gasteiger partial charge on any atom is 0.407 e. The van der Waals surface area contributed by atoms with Crippen molar-refractivity contribution in [1.29, 1.82) is 5.26 Å². The molecule has 0 unspecified atom stereocenters. The van der Waals surface area contributed by atoms with Crippen molar-refractivity contribution in [3.8, 4) is 28.6 Å². The fraction of sp³-hybridized carbons (Fsp3) is 0.429. The number of alkyl carbamates (subject to hydrolysis) is 1. The number of nitrogens with zero attached hydrogens (tertiary/aromatic N) is 8. The summed E-state index contributed by atoms with van der Waals surface area (Å²) in [6.07, 6.45) is 5.23. The highest BCUT2D eigenvalue weighted by atomic mass is 19.1. The Balaban J connectivity index is 1.47. The highest BCUT2D eigenvalue weighted by molar-refractivity contribution is 5.89. The van der Waals surface area contributed by atoms with Crippen molar-refractivity contribution in [2.45, 2.75) is 84.1 Å². The molecule has 1 fully saturated rings. The van der Waals surface area contributed by atoms with E-state index >= 15 is 4.39 Å². The number of aromatic nitrogens is 6. The molecule has 0 saturated carbocycles. The SMILES string of the molecule is CCC(O)(CC)Cn1nnc2cc(-c3c(-c4ccc(C#N)c(F)c4)nc4c(N5CCC[C@@H](NC(=O)OC(C)(C)C)C5)nccn34)c(F)cc21. The molecule has 12 nitrogen and oxygen atoms in total. The van der Waals surface area contributed by atoms with Crippen LogP contribution in [-0.4, -0.2) is 70.9 Å². The second-order valence-electron chi connectivity index (χ2n) is 13.5. The molecule has 0 radical (unpaired) electrons. The van der Waals surface area contributed by atoms with Gasteiger partial charge in [0.1, 0.15) is 28.8 Å². The molecule has 6 rings (SSSR count). The van der Waals surface area contributed by atoms with Gasteiger partial charge in [-0.15, -0.1) is 5.10 Å². The van der Waals surface area contributed by atoms with Gasteiger partial charge in [-0.1, -0.05) is 25.1 Å². The number of amides is 1. The van der Waals surface area contributed by atoms with Crippen LogP contribution in [0.3, 0.4) is 0 Å². The van der Waals surface area contributed by atoms with Gasteiger partial charge >= 0.3 is 6.09 Å². The predicted octanol–water partition coefficient (Wildman–Crippen LogP) is 6.00. The van der Waals surface area contributed by atoms with Gasteiger partial charge in [0.15, 0.2) is 11.5 Å². The number of aliphatic hydroxyl groups is 1. The first-order chi connectivity index (χ1) is 23.3. The van der Waals surface area contributed by atoms with E-state index < -0.39 is 28.9 Å². The second kappa shape index (κ2) is 13.0. The normalized spacial score (nSPS) is 15.5. The summed E-state index contributed by atoms with van der Waals surface area (Å²) in [7, 11) is 0.